The summed E-state index contributed by atoms with van der Waals surface area (Å²) in [5.41, 5.74) is 0.497. The van der Waals surface area contributed by atoms with Crippen LogP contribution in [0.3, 0.4) is 0 Å². The number of halogens is 3. The Morgan fingerprint density at radius 1 is 1.19 bits per heavy atom. The second-order valence-corrected chi connectivity index (χ2v) is 9.73. The fourth-order valence-corrected chi connectivity index (χ4v) is 5.07. The van der Waals surface area contributed by atoms with Gasteiger partial charge in [-0.05, 0) is 56.9 Å². The number of fused-ring (bicyclic) bond motifs is 1. The number of hydrogen-bond acceptors (Lipinski definition) is 6. The Labute approximate surface area is 211 Å². The molecule has 0 bridgehead atoms. The van der Waals surface area contributed by atoms with Crippen molar-refractivity contribution in [2.24, 2.45) is 5.92 Å². The highest BCUT2D eigenvalue weighted by Crippen LogP contribution is 2.36. The summed E-state index contributed by atoms with van der Waals surface area (Å²) in [7, 11) is 0. The highest BCUT2D eigenvalue weighted by molar-refractivity contribution is 6.06. The number of ether oxygens (including phenoxy) is 1. The molecule has 3 heterocycles. The molecule has 5 rings (SSSR count). The van der Waals surface area contributed by atoms with Crippen LogP contribution in [0.15, 0.2) is 36.5 Å². The Kier molecular flexibility index (Phi) is 6.89. The van der Waals surface area contributed by atoms with Crippen molar-refractivity contribution < 1.29 is 27.5 Å². The number of aldehydes is 1. The van der Waals surface area contributed by atoms with Gasteiger partial charge in [0.2, 0.25) is 0 Å². The van der Waals surface area contributed by atoms with Crippen molar-refractivity contribution in [2.45, 2.75) is 50.9 Å². The molecule has 1 aliphatic heterocycles. The lowest BCUT2D eigenvalue weighted by Crippen LogP contribution is -2.41. The molecule has 1 N–H and O–H groups in total. The molecule has 0 unspecified atom stereocenters. The number of hydrogen-bond donors (Lipinski definition) is 1. The zero-order valence-electron chi connectivity index (χ0n) is 20.4. The SMILES string of the molecule is C[C@H]1CN(c2cc3nn([C@H]4CC[C@H](C=O)CC4)cc3cc2NC(=O)c2cccc(C(F)(F)F)n2)CCO1. The van der Waals surface area contributed by atoms with E-state index in [9.17, 15) is 22.8 Å². The van der Waals surface area contributed by atoms with Gasteiger partial charge in [0, 0.05) is 30.6 Å². The van der Waals surface area contributed by atoms with E-state index in [4.69, 9.17) is 9.84 Å². The highest BCUT2D eigenvalue weighted by atomic mass is 19.4. The summed E-state index contributed by atoms with van der Waals surface area (Å²) in [5, 5.41) is 8.38. The molecule has 1 amide bonds. The number of carbonyl (C=O) groups excluding carboxylic acids is 2. The molecule has 11 heteroatoms. The number of nitrogens with one attached hydrogen (secondary N) is 1. The Morgan fingerprint density at radius 2 is 1.97 bits per heavy atom. The fraction of sp³-hybridized carbons (Fsp3) is 0.462. The van der Waals surface area contributed by atoms with Gasteiger partial charge in [-0.15, -0.1) is 0 Å². The van der Waals surface area contributed by atoms with Crippen molar-refractivity contribution in [1.82, 2.24) is 14.8 Å². The summed E-state index contributed by atoms with van der Waals surface area (Å²) in [4.78, 5) is 29.7. The quantitative estimate of drug-likeness (QED) is 0.489. The van der Waals surface area contributed by atoms with Crippen LogP contribution in [0.25, 0.3) is 10.9 Å². The van der Waals surface area contributed by atoms with Crippen LogP contribution in [0.5, 0.6) is 0 Å². The monoisotopic (exact) mass is 515 g/mol. The van der Waals surface area contributed by atoms with Gasteiger partial charge in [0.15, 0.2) is 0 Å². The van der Waals surface area contributed by atoms with E-state index in [0.717, 1.165) is 54.6 Å². The predicted octanol–water partition coefficient (Wildman–Crippen LogP) is 4.86. The Hall–Kier alpha value is -3.47. The Morgan fingerprint density at radius 3 is 2.68 bits per heavy atom. The molecule has 1 aromatic carbocycles. The minimum atomic E-state index is -4.65. The zero-order valence-corrected chi connectivity index (χ0v) is 20.4. The second-order valence-electron chi connectivity index (χ2n) is 9.73. The number of pyridine rings is 1. The minimum absolute atomic E-state index is 0.0244. The number of rotatable bonds is 5. The summed E-state index contributed by atoms with van der Waals surface area (Å²) in [5.74, 6) is -0.630. The average Bonchev–Trinajstić information content (AvgIpc) is 3.31. The van der Waals surface area contributed by atoms with Crippen molar-refractivity contribution in [1.29, 1.82) is 0 Å². The van der Waals surface area contributed by atoms with Gasteiger partial charge in [0.05, 0.1) is 35.6 Å². The van der Waals surface area contributed by atoms with E-state index in [2.05, 4.69) is 15.2 Å². The third kappa shape index (κ3) is 5.46. The number of amides is 1. The van der Waals surface area contributed by atoms with Crippen LogP contribution in [0.4, 0.5) is 24.5 Å². The molecule has 1 atom stereocenters. The number of nitrogens with zero attached hydrogens (tertiary/aromatic N) is 4. The van der Waals surface area contributed by atoms with Crippen molar-refractivity contribution in [3.8, 4) is 0 Å². The standard InChI is InChI=1S/C26H28F3N5O3/c1-16-13-33(9-10-37-16)23-12-21-18(14-34(32-21)19-7-5-17(15-35)6-8-19)11-22(23)31-25(36)20-3-2-4-24(30-20)26(27,28)29/h2-4,11-12,14-17,19H,5-10,13H2,1H3,(H,31,36)/t16-,17-,19-/m0/s1. The number of benzene rings is 1. The molecule has 1 saturated carbocycles. The number of alkyl halides is 3. The molecule has 1 aliphatic carbocycles. The van der Waals surface area contributed by atoms with Gasteiger partial charge >= 0.3 is 6.18 Å². The first-order valence-corrected chi connectivity index (χ1v) is 12.4. The van der Waals surface area contributed by atoms with Crippen molar-refractivity contribution in [3.63, 3.8) is 0 Å². The van der Waals surface area contributed by atoms with Gasteiger partial charge < -0.3 is 19.7 Å². The number of morpholine rings is 1. The van der Waals surface area contributed by atoms with Gasteiger partial charge in [-0.25, -0.2) is 4.98 Å². The summed E-state index contributed by atoms with van der Waals surface area (Å²) in [6, 6.07) is 7.14. The normalized spacial score (nSPS) is 22.7. The maximum absolute atomic E-state index is 13.1. The molecule has 2 fully saturated rings. The van der Waals surface area contributed by atoms with E-state index in [1.54, 1.807) is 6.07 Å². The summed E-state index contributed by atoms with van der Waals surface area (Å²) < 4.78 is 47.0. The fourth-order valence-electron chi connectivity index (χ4n) is 5.07. The smallest absolute Gasteiger partial charge is 0.375 e. The molecular weight excluding hydrogens is 487 g/mol. The number of anilines is 2. The molecular formula is C26H28F3N5O3. The maximum Gasteiger partial charge on any atom is 0.433 e. The van der Waals surface area contributed by atoms with Crippen molar-refractivity contribution in [2.75, 3.05) is 29.9 Å². The van der Waals surface area contributed by atoms with Gasteiger partial charge in [-0.1, -0.05) is 6.07 Å². The third-order valence-electron chi connectivity index (χ3n) is 7.05. The van der Waals surface area contributed by atoms with Gasteiger partial charge in [0.25, 0.3) is 5.91 Å². The van der Waals surface area contributed by atoms with E-state index in [0.29, 0.717) is 25.4 Å². The lowest BCUT2D eigenvalue weighted by Gasteiger charge is -2.34. The summed E-state index contributed by atoms with van der Waals surface area (Å²) in [6.07, 6.45) is 1.64. The van der Waals surface area contributed by atoms with E-state index >= 15 is 0 Å². The van der Waals surface area contributed by atoms with Crippen LogP contribution in [-0.4, -0.2) is 52.8 Å². The topological polar surface area (TPSA) is 89.4 Å². The first kappa shape index (κ1) is 25.2. The second kappa shape index (κ2) is 10.1. The van der Waals surface area contributed by atoms with Gasteiger partial charge in [-0.3, -0.25) is 9.48 Å². The van der Waals surface area contributed by atoms with Crippen molar-refractivity contribution >= 4 is 34.5 Å². The molecule has 1 saturated heterocycles. The molecule has 3 aromatic rings. The number of carbonyl (C=O) groups is 2. The Balaban J connectivity index is 1.48. The molecule has 37 heavy (non-hydrogen) atoms. The van der Waals surface area contributed by atoms with Crippen LogP contribution < -0.4 is 10.2 Å². The first-order chi connectivity index (χ1) is 17.7. The predicted molar refractivity (Wildman–Crippen MR) is 132 cm³/mol. The number of aromatic nitrogens is 3. The summed E-state index contributed by atoms with van der Waals surface area (Å²) in [6.45, 7) is 3.65. The molecule has 8 nitrogen and oxygen atoms in total. The van der Waals surface area contributed by atoms with Crippen molar-refractivity contribution in [3.05, 3.63) is 47.9 Å². The van der Waals surface area contributed by atoms with Gasteiger partial charge in [0.1, 0.15) is 17.7 Å². The third-order valence-corrected chi connectivity index (χ3v) is 7.05. The van der Waals surface area contributed by atoms with Crippen LogP contribution in [0.1, 0.15) is 54.8 Å². The van der Waals surface area contributed by atoms with E-state index in [-0.39, 0.29) is 23.8 Å². The van der Waals surface area contributed by atoms with Crippen LogP contribution >= 0.6 is 0 Å². The van der Waals surface area contributed by atoms with Crippen LogP contribution in [0, 0.1) is 5.92 Å². The van der Waals surface area contributed by atoms with E-state index in [1.165, 1.54) is 12.1 Å². The lowest BCUT2D eigenvalue weighted by molar-refractivity contribution is -0.141. The van der Waals surface area contributed by atoms with E-state index in [1.807, 2.05) is 23.9 Å². The molecule has 2 aliphatic rings. The minimum Gasteiger partial charge on any atom is -0.375 e. The molecule has 0 radical (unpaired) electrons. The molecule has 2 aromatic heterocycles. The zero-order chi connectivity index (χ0) is 26.2. The van der Waals surface area contributed by atoms with Gasteiger partial charge in [-0.2, -0.15) is 18.3 Å². The van der Waals surface area contributed by atoms with Crippen LogP contribution in [-0.2, 0) is 15.7 Å². The summed E-state index contributed by atoms with van der Waals surface area (Å²) >= 11 is 0. The average molecular weight is 516 g/mol. The highest BCUT2D eigenvalue weighted by Gasteiger charge is 2.33. The first-order valence-electron chi connectivity index (χ1n) is 12.4. The molecule has 196 valence electrons. The maximum atomic E-state index is 13.1. The lowest BCUT2D eigenvalue weighted by atomic mass is 9.87. The van der Waals surface area contributed by atoms with Crippen LogP contribution in [0.2, 0.25) is 0 Å². The Bertz CT molecular complexity index is 1300. The molecule has 0 spiro atoms. The van der Waals surface area contributed by atoms with E-state index < -0.39 is 17.8 Å². The largest absolute Gasteiger partial charge is 0.433 e.